The highest BCUT2D eigenvalue weighted by atomic mass is 79.9. The Kier molecular flexibility index (Phi) is 41.8. The highest BCUT2D eigenvalue weighted by Crippen LogP contribution is 2.39. The Labute approximate surface area is 817 Å². The van der Waals surface area contributed by atoms with Gasteiger partial charge in [-0.2, -0.15) is 0 Å². The summed E-state index contributed by atoms with van der Waals surface area (Å²) in [5.74, 6) is 3.56. The molecule has 0 bridgehead atoms. The van der Waals surface area contributed by atoms with Gasteiger partial charge in [-0.1, -0.05) is 209 Å². The lowest BCUT2D eigenvalue weighted by atomic mass is 9.77. The fourth-order valence-electron chi connectivity index (χ4n) is 14.3. The number of ether oxygens (including phenoxy) is 3. The molecule has 10 aromatic heterocycles. The lowest BCUT2D eigenvalue weighted by Crippen LogP contribution is -2.41. The van der Waals surface area contributed by atoms with Crippen LogP contribution in [-0.4, -0.2) is 121 Å². The maximum absolute atomic E-state index is 11.4. The number of nitro groups is 3. The number of methoxy groups -OCH3 is 3. The van der Waals surface area contributed by atoms with Gasteiger partial charge in [-0.05, 0) is 254 Å². The number of alkyl halides is 1. The van der Waals surface area contributed by atoms with Gasteiger partial charge in [0.25, 0.3) is 6.48 Å². The molecule has 16 rings (SSSR count). The SMILES string of the molecule is C.CC(Br)c1ccccc1.CC(Nc1cc(Br)cnc1[N+](=O)[O-])c1ccccc1.COC(OC)OC.Cc1noc(C)c1-c1cnc(N)c(CC(C)c2ccccc2)c1.Cc1noc(C)c1-c1cnc([N+](=O)[O-])c(CC(C)c2ccccc2)c1.Cc1noc(C)c1-c1cnc2ncn(C(C)c3ccccc3)c2c1.Cc1noc(C)c1B1OC(C)(C)C(C)(C)O1.Nc1cc(Br)cnc1[N+](=O)[O-].O. The number of pyridine rings is 5. The summed E-state index contributed by atoms with van der Waals surface area (Å²) in [6.45, 7) is 33.3. The molecule has 5 unspecified atom stereocenters. The van der Waals surface area contributed by atoms with E-state index in [0.29, 0.717) is 48.9 Å². The normalized spacial score (nSPS) is 13.0. The summed E-state index contributed by atoms with van der Waals surface area (Å²) in [6, 6.07) is 60.1. The van der Waals surface area contributed by atoms with Gasteiger partial charge in [0.15, 0.2) is 18.0 Å². The monoisotopic (exact) mass is 2050 g/mol. The Balaban J connectivity index is 0.000000217. The number of nitrogen functional groups attached to an aromatic ring is 2. The summed E-state index contributed by atoms with van der Waals surface area (Å²) in [5, 5.41) is 51.6. The Bertz CT molecular complexity index is 6230. The van der Waals surface area contributed by atoms with Gasteiger partial charge in [0.2, 0.25) is 0 Å². The van der Waals surface area contributed by atoms with Gasteiger partial charge in [-0.15, -0.1) is 0 Å². The van der Waals surface area contributed by atoms with Crippen LogP contribution in [0.4, 0.5) is 34.6 Å². The number of hydrogen-bond donors (Lipinski definition) is 3. The standard InChI is InChI=1S/C19H18N4O.C19H19N3O3.C19H21N3O.C13H12BrN3O2.C11H18BNO3.C8H9Br.C5H4BrN3O2.C4H10O3.CH4.H2O/c1-12-18(14(3)24-22-12)16-9-17-19(20-10-16)21-11-23(17)13(2)15-7-5-4-6-8-15;1-12(15-7-5-4-6-8-15)9-16-10-17(11-20-19(16)22(23)24)18-13(2)21-25-14(18)3;1-12(15-7-5-4-6-8-15)9-16-10-17(11-21-19(16)20)18-13(2)22-23-14(18)3;1-9(10-5-3-2-4-6-10)16-12-7-11(14)8-15-13(12)17(18)19;1-7-9(8(2)14-13-7)12-15-10(3,4)11(5,6)16-12;1-7(9)8-5-3-2-4-6-8;6-3-1-4(7)5(8-2-3)9(10)11;1-5-4(6-2)7-3;;/h4-11,13H,1-3H3;4-8,10-12H,9H2,1-3H3;4-8,10-12H,9H2,1-3H3,(H2,20,21);2-9,16H,1H3;1-6H3;2-7H,1H3;1-2H,7H2;4H,1-3H3;1H4;1H2. The number of aryl methyl sites for hydroxylation is 8. The third-order valence-corrected chi connectivity index (χ3v) is 23.5. The Morgan fingerprint density at radius 1 is 0.463 bits per heavy atom. The first kappa shape index (κ1) is 110. The molecule has 7 N–H and O–H groups in total. The van der Waals surface area contributed by atoms with Crippen LogP contribution in [0.15, 0.2) is 246 Å². The Morgan fingerprint density at radius 2 is 0.838 bits per heavy atom. The molecule has 5 atom stereocenters. The van der Waals surface area contributed by atoms with E-state index < -0.39 is 21.2 Å². The van der Waals surface area contributed by atoms with E-state index in [2.05, 4.69) is 223 Å². The average molecular weight is 2050 g/mol. The fraction of sp³-hybridized carbons (Fsp3) is 0.313. The highest BCUT2D eigenvalue weighted by Gasteiger charge is 2.53. The maximum Gasteiger partial charge on any atom is 0.500 e. The molecule has 1 aliphatic heterocycles. The van der Waals surface area contributed by atoms with Crippen LogP contribution in [0.2, 0.25) is 0 Å². The minimum Gasteiger partial charge on any atom is -0.412 e. The molecule has 15 aromatic rings. The van der Waals surface area contributed by atoms with E-state index in [9.17, 15) is 30.3 Å². The summed E-state index contributed by atoms with van der Waals surface area (Å²) in [4.78, 5) is 56.2. The van der Waals surface area contributed by atoms with Crippen LogP contribution in [0.1, 0.15) is 183 Å². The zero-order chi connectivity index (χ0) is 97.8. The maximum atomic E-state index is 11.4. The number of anilines is 3. The van der Waals surface area contributed by atoms with Gasteiger partial charge in [-0.25, -0.2) is 15.0 Å². The van der Waals surface area contributed by atoms with Crippen molar-refractivity contribution in [3.63, 3.8) is 0 Å². The number of nitrogens with zero attached hydrogens (tertiary/aromatic N) is 14. The largest absolute Gasteiger partial charge is 0.500 e. The van der Waals surface area contributed by atoms with Crippen molar-refractivity contribution >= 4 is 106 Å². The summed E-state index contributed by atoms with van der Waals surface area (Å²) >= 11 is 9.83. The van der Waals surface area contributed by atoms with Gasteiger partial charge in [0.05, 0.1) is 71.9 Å². The van der Waals surface area contributed by atoms with Crippen molar-refractivity contribution in [2.24, 2.45) is 0 Å². The molecule has 37 heteroatoms. The second-order valence-corrected chi connectivity index (χ2v) is 35.6. The first-order valence-corrected chi connectivity index (χ1v) is 45.1. The summed E-state index contributed by atoms with van der Waals surface area (Å²) in [7, 11) is 4.16. The smallest absolute Gasteiger partial charge is 0.412 e. The minimum absolute atomic E-state index is 0. The lowest BCUT2D eigenvalue weighted by Gasteiger charge is -2.32. The van der Waals surface area contributed by atoms with Crippen LogP contribution in [0.25, 0.3) is 44.5 Å². The number of benzene rings is 5. The molecule has 718 valence electrons. The van der Waals surface area contributed by atoms with Gasteiger partial charge in [0.1, 0.15) is 46.4 Å². The zero-order valence-electron chi connectivity index (χ0n) is 78.9. The highest BCUT2D eigenvalue weighted by molar-refractivity contribution is 9.10. The van der Waals surface area contributed by atoms with Crippen LogP contribution in [0.5, 0.6) is 0 Å². The third-order valence-electron chi connectivity index (χ3n) is 22.1. The molecule has 1 fully saturated rings. The first-order chi connectivity index (χ1) is 63.8. The average Bonchev–Trinajstić information content (AvgIpc) is 1.61. The summed E-state index contributed by atoms with van der Waals surface area (Å²) < 4.78 is 50.1. The molecule has 5 aromatic carbocycles. The van der Waals surface area contributed by atoms with E-state index >= 15 is 0 Å². The van der Waals surface area contributed by atoms with E-state index in [0.717, 1.165) is 113 Å². The molecule has 0 radical (unpaired) electrons. The Hall–Kier alpha value is -13.0. The second-order valence-electron chi connectivity index (χ2n) is 32.4. The van der Waals surface area contributed by atoms with Crippen LogP contribution >= 0.6 is 47.8 Å². The number of nitrogens with two attached hydrogens (primary N) is 2. The number of nitrogens with one attached hydrogen (secondary N) is 1. The van der Waals surface area contributed by atoms with Crippen molar-refractivity contribution in [3.05, 3.63) is 343 Å². The van der Waals surface area contributed by atoms with Gasteiger partial charge in [-0.3, -0.25) is 0 Å². The predicted molar refractivity (Wildman–Crippen MR) is 540 cm³/mol. The van der Waals surface area contributed by atoms with Crippen molar-refractivity contribution in [1.82, 2.24) is 55.1 Å². The lowest BCUT2D eigenvalue weighted by molar-refractivity contribution is -0.390. The molecule has 33 nitrogen and oxygen atoms in total. The third kappa shape index (κ3) is 29.8. The molecular weight excluding hydrogens is 1930 g/mol. The van der Waals surface area contributed by atoms with E-state index in [1.165, 1.54) is 62.7 Å². The van der Waals surface area contributed by atoms with Crippen LogP contribution < -0.4 is 22.2 Å². The number of imidazole rings is 1. The summed E-state index contributed by atoms with van der Waals surface area (Å²) in [5.41, 5.74) is 30.5. The van der Waals surface area contributed by atoms with Crippen molar-refractivity contribution in [3.8, 4) is 33.4 Å². The molecule has 0 spiro atoms. The quantitative estimate of drug-likeness (QED) is 0.0186. The first-order valence-electron chi connectivity index (χ1n) is 42.6. The van der Waals surface area contributed by atoms with Gasteiger partial charge in [0, 0.05) is 77.9 Å². The number of fused-ring (bicyclic) bond motifs is 1. The van der Waals surface area contributed by atoms with E-state index in [1.807, 2.05) is 200 Å². The van der Waals surface area contributed by atoms with Crippen molar-refractivity contribution < 1.29 is 61.9 Å². The molecular formula is C99H117BBr3N17O16. The molecule has 136 heavy (non-hydrogen) atoms. The van der Waals surface area contributed by atoms with Crippen LogP contribution in [0.3, 0.4) is 0 Å². The van der Waals surface area contributed by atoms with Crippen molar-refractivity contribution in [2.75, 3.05) is 38.1 Å². The Morgan fingerprint density at radius 3 is 1.24 bits per heavy atom. The number of aromatic nitrogens is 11. The van der Waals surface area contributed by atoms with Gasteiger partial charge >= 0.3 is 24.6 Å². The molecule has 11 heterocycles. The number of hydrogen-bond acceptors (Lipinski definition) is 28. The van der Waals surface area contributed by atoms with Crippen LogP contribution in [0, 0.1) is 85.7 Å². The number of halogens is 3. The molecule has 0 amide bonds. The molecule has 0 aliphatic carbocycles. The van der Waals surface area contributed by atoms with E-state index in [1.54, 1.807) is 12.3 Å². The topological polar surface area (TPSA) is 458 Å². The van der Waals surface area contributed by atoms with Crippen molar-refractivity contribution in [2.45, 2.75) is 184 Å². The summed E-state index contributed by atoms with van der Waals surface area (Å²) in [6.07, 6.45) is 11.1. The fourth-order valence-corrected chi connectivity index (χ4v) is 15.3. The van der Waals surface area contributed by atoms with E-state index in [4.69, 9.17) is 38.9 Å². The predicted octanol–water partition coefficient (Wildman–Crippen LogP) is 23.2. The van der Waals surface area contributed by atoms with E-state index in [-0.39, 0.29) is 72.4 Å². The molecule has 1 saturated heterocycles. The minimum atomic E-state index is -0.623. The van der Waals surface area contributed by atoms with Crippen molar-refractivity contribution in [1.29, 1.82) is 0 Å². The van der Waals surface area contributed by atoms with Gasteiger partial charge < -0.3 is 98.8 Å². The molecule has 1 aliphatic rings. The van der Waals surface area contributed by atoms with Crippen LogP contribution in [-0.2, 0) is 36.4 Å². The zero-order valence-corrected chi connectivity index (χ0v) is 83.7. The second kappa shape index (κ2) is 51.6. The molecule has 0 saturated carbocycles. The number of rotatable bonds is 22.